The van der Waals surface area contributed by atoms with Crippen LogP contribution in [0, 0.1) is 11.8 Å². The van der Waals surface area contributed by atoms with Gasteiger partial charge in [-0.05, 0) is 75.0 Å². The van der Waals surface area contributed by atoms with Gasteiger partial charge in [0.1, 0.15) is 10.6 Å². The van der Waals surface area contributed by atoms with E-state index < -0.39 is 0 Å². The van der Waals surface area contributed by atoms with E-state index in [0.717, 1.165) is 55.1 Å². The van der Waals surface area contributed by atoms with Crippen molar-refractivity contribution < 1.29 is 4.79 Å². The fraction of sp³-hybridized carbons (Fsp3) is 0.741. The molecule has 2 N–H and O–H groups in total. The molecule has 0 aromatic carbocycles. The van der Waals surface area contributed by atoms with Gasteiger partial charge in [-0.3, -0.25) is 4.79 Å². The molecule has 3 saturated heterocycles. The minimum atomic E-state index is -0.216. The lowest BCUT2D eigenvalue weighted by molar-refractivity contribution is -0.118. The topological polar surface area (TPSA) is 81.8 Å². The second-order valence-electron chi connectivity index (χ2n) is 11.7. The zero-order valence-electron chi connectivity index (χ0n) is 22.4. The highest BCUT2D eigenvalue weighted by molar-refractivity contribution is 7.17. The monoisotopic (exact) mass is 513 g/mol. The highest BCUT2D eigenvalue weighted by atomic mass is 32.1. The van der Waals surface area contributed by atoms with E-state index in [2.05, 4.69) is 52.9 Å². The van der Waals surface area contributed by atoms with Crippen LogP contribution in [0.4, 0.5) is 11.8 Å². The van der Waals surface area contributed by atoms with Gasteiger partial charge >= 0.3 is 0 Å². The van der Waals surface area contributed by atoms with Crippen LogP contribution in [0.25, 0.3) is 10.2 Å². The van der Waals surface area contributed by atoms with E-state index in [1.165, 1.54) is 49.8 Å². The number of hydrogen-bond acceptors (Lipinski definition) is 8. The molecule has 1 amide bonds. The van der Waals surface area contributed by atoms with Crippen molar-refractivity contribution in [2.24, 2.45) is 17.6 Å². The predicted octanol–water partition coefficient (Wildman–Crippen LogP) is 3.37. The summed E-state index contributed by atoms with van der Waals surface area (Å²) in [5, 5.41) is 3.52. The Bertz CT molecular complexity index is 1060. The Kier molecular flexibility index (Phi) is 7.70. The zero-order valence-corrected chi connectivity index (χ0v) is 23.3. The molecule has 3 aliphatic heterocycles. The molecule has 2 aromatic heterocycles. The first kappa shape index (κ1) is 25.7. The molecule has 0 radical (unpaired) electrons. The number of nitrogens with two attached hydrogens (primary N) is 1. The first-order valence-corrected chi connectivity index (χ1v) is 14.6. The van der Waals surface area contributed by atoms with Crippen molar-refractivity contribution in [1.82, 2.24) is 19.8 Å². The Morgan fingerprint density at radius 2 is 1.81 bits per heavy atom. The minimum absolute atomic E-state index is 0.216. The molecule has 3 aliphatic rings. The van der Waals surface area contributed by atoms with Gasteiger partial charge < -0.3 is 25.3 Å². The van der Waals surface area contributed by atoms with E-state index in [1.807, 2.05) is 0 Å². The fourth-order valence-corrected chi connectivity index (χ4v) is 7.44. The van der Waals surface area contributed by atoms with Gasteiger partial charge in [0.15, 0.2) is 0 Å². The van der Waals surface area contributed by atoms with Crippen LogP contribution < -0.4 is 15.5 Å². The summed E-state index contributed by atoms with van der Waals surface area (Å²) in [5.41, 5.74) is 6.83. The number of nitrogens with zero attached hydrogens (tertiary/aromatic N) is 6. The normalized spacial score (nSPS) is 24.2. The van der Waals surface area contributed by atoms with Crippen molar-refractivity contribution in [2.45, 2.75) is 57.9 Å². The number of anilines is 2. The molecule has 198 valence electrons. The number of carbonyl (C=O) groups is 1. The third-order valence-corrected chi connectivity index (χ3v) is 9.45. The average Bonchev–Trinajstić information content (AvgIpc) is 3.58. The van der Waals surface area contributed by atoms with Gasteiger partial charge in [-0.1, -0.05) is 13.8 Å². The number of amides is 1. The van der Waals surface area contributed by atoms with Crippen molar-refractivity contribution in [3.05, 3.63) is 10.9 Å². The average molecular weight is 514 g/mol. The standard InChI is InChI=1S/C27H43N7OS/c1-18(2)22-17-36-26-24(22)25(29-27(30-26)34-12-7-20(15-34)13-23(28)35)33-10-5-19(6-11-33)14-32(4)21-8-9-31(3)16-21/h17-21H,5-16H2,1-4H3,(H2,28,35). The number of likely N-dealkylation sites (N-methyl/N-ethyl adjacent to an activating group) is 2. The maximum Gasteiger partial charge on any atom is 0.228 e. The summed E-state index contributed by atoms with van der Waals surface area (Å²) in [7, 11) is 4.55. The summed E-state index contributed by atoms with van der Waals surface area (Å²) in [4.78, 5) is 32.6. The third-order valence-electron chi connectivity index (χ3n) is 8.56. The van der Waals surface area contributed by atoms with Gasteiger partial charge in [-0.2, -0.15) is 4.98 Å². The summed E-state index contributed by atoms with van der Waals surface area (Å²) in [5.74, 6) is 3.19. The number of primary amides is 1. The van der Waals surface area contributed by atoms with Crippen LogP contribution in [-0.2, 0) is 4.79 Å². The van der Waals surface area contributed by atoms with Crippen LogP contribution in [-0.4, -0.2) is 91.6 Å². The quantitative estimate of drug-likeness (QED) is 0.580. The fourth-order valence-electron chi connectivity index (χ4n) is 6.35. The number of fused-ring (bicyclic) bond motifs is 1. The summed E-state index contributed by atoms with van der Waals surface area (Å²) >= 11 is 1.74. The molecular weight excluding hydrogens is 470 g/mol. The molecule has 2 atom stereocenters. The van der Waals surface area contributed by atoms with Crippen LogP contribution in [0.15, 0.2) is 5.38 Å². The molecule has 8 nitrogen and oxygen atoms in total. The van der Waals surface area contributed by atoms with E-state index in [9.17, 15) is 4.79 Å². The molecule has 36 heavy (non-hydrogen) atoms. The van der Waals surface area contributed by atoms with Crippen molar-refractivity contribution in [3.8, 4) is 0 Å². The van der Waals surface area contributed by atoms with Crippen molar-refractivity contribution in [2.75, 3.05) is 69.7 Å². The Balaban J connectivity index is 1.33. The van der Waals surface area contributed by atoms with Crippen LogP contribution in [0.5, 0.6) is 0 Å². The summed E-state index contributed by atoms with van der Waals surface area (Å²) in [6.45, 7) is 11.9. The van der Waals surface area contributed by atoms with Gasteiger partial charge in [0, 0.05) is 51.7 Å². The molecule has 5 heterocycles. The molecule has 0 bridgehead atoms. The first-order valence-electron chi connectivity index (χ1n) is 13.7. The van der Waals surface area contributed by atoms with Crippen molar-refractivity contribution >= 4 is 39.2 Å². The van der Waals surface area contributed by atoms with Gasteiger partial charge in [-0.25, -0.2) is 4.98 Å². The van der Waals surface area contributed by atoms with E-state index in [-0.39, 0.29) is 5.91 Å². The van der Waals surface area contributed by atoms with E-state index >= 15 is 0 Å². The second kappa shape index (κ2) is 10.8. The Morgan fingerprint density at radius 1 is 1.08 bits per heavy atom. The Labute approximate surface area is 219 Å². The Hall–Kier alpha value is -1.97. The number of carbonyl (C=O) groups excluding carboxylic acids is 1. The van der Waals surface area contributed by atoms with Gasteiger partial charge in [0.25, 0.3) is 0 Å². The van der Waals surface area contributed by atoms with E-state index in [4.69, 9.17) is 15.7 Å². The summed E-state index contributed by atoms with van der Waals surface area (Å²) in [6.07, 6.45) is 5.12. The first-order chi connectivity index (χ1) is 17.3. The highest BCUT2D eigenvalue weighted by Crippen LogP contribution is 2.39. The van der Waals surface area contributed by atoms with E-state index in [0.29, 0.717) is 24.3 Å². The minimum Gasteiger partial charge on any atom is -0.370 e. The Morgan fingerprint density at radius 3 is 2.47 bits per heavy atom. The lowest BCUT2D eigenvalue weighted by Crippen LogP contribution is -2.42. The lowest BCUT2D eigenvalue weighted by Gasteiger charge is -2.36. The molecule has 2 unspecified atom stereocenters. The molecule has 0 spiro atoms. The van der Waals surface area contributed by atoms with Gasteiger partial charge in [-0.15, -0.1) is 11.3 Å². The summed E-state index contributed by atoms with van der Waals surface area (Å²) < 4.78 is 0. The molecule has 3 fully saturated rings. The molecule has 0 saturated carbocycles. The molecular formula is C27H43N7OS. The molecule has 2 aromatic rings. The van der Waals surface area contributed by atoms with Crippen LogP contribution in [0.2, 0.25) is 0 Å². The van der Waals surface area contributed by atoms with Crippen LogP contribution >= 0.6 is 11.3 Å². The van der Waals surface area contributed by atoms with Crippen molar-refractivity contribution in [1.29, 1.82) is 0 Å². The molecule has 0 aliphatic carbocycles. The zero-order chi connectivity index (χ0) is 25.4. The number of thiophene rings is 1. The maximum absolute atomic E-state index is 11.4. The van der Waals surface area contributed by atoms with Gasteiger partial charge in [0.2, 0.25) is 11.9 Å². The number of likely N-dealkylation sites (tertiary alicyclic amines) is 1. The van der Waals surface area contributed by atoms with Crippen LogP contribution in [0.3, 0.4) is 0 Å². The predicted molar refractivity (Wildman–Crippen MR) is 149 cm³/mol. The SMILES string of the molecule is CC(C)c1csc2nc(N3CCC(CC(N)=O)C3)nc(N3CCC(CN(C)C4CCN(C)C4)CC3)c12. The molecule has 5 rings (SSSR count). The number of aromatic nitrogens is 2. The third kappa shape index (κ3) is 5.48. The van der Waals surface area contributed by atoms with Crippen molar-refractivity contribution in [3.63, 3.8) is 0 Å². The maximum atomic E-state index is 11.4. The smallest absolute Gasteiger partial charge is 0.228 e. The number of rotatable bonds is 8. The number of piperidine rings is 1. The van der Waals surface area contributed by atoms with Crippen LogP contribution in [0.1, 0.15) is 57.4 Å². The highest BCUT2D eigenvalue weighted by Gasteiger charge is 2.31. The summed E-state index contributed by atoms with van der Waals surface area (Å²) in [6, 6.07) is 0.704. The largest absolute Gasteiger partial charge is 0.370 e. The van der Waals surface area contributed by atoms with Gasteiger partial charge in [0.05, 0.1) is 5.39 Å². The molecule has 9 heteroatoms. The lowest BCUT2D eigenvalue weighted by atomic mass is 9.95. The number of hydrogen-bond donors (Lipinski definition) is 1. The van der Waals surface area contributed by atoms with E-state index in [1.54, 1.807) is 11.3 Å². The second-order valence-corrected chi connectivity index (χ2v) is 12.6.